The van der Waals surface area contributed by atoms with Gasteiger partial charge in [0.15, 0.2) is 6.10 Å². The number of phosphoric acid groups is 2. The van der Waals surface area contributed by atoms with Crippen molar-refractivity contribution >= 4 is 33.6 Å². The van der Waals surface area contributed by atoms with Crippen LogP contribution in [-0.2, 0) is 55.8 Å². The number of esters is 3. The maximum Gasteiger partial charge on any atom is 0.472 e. The molecule has 0 heterocycles. The average molecular weight is 1790 g/mol. The van der Waals surface area contributed by atoms with Crippen LogP contribution < -0.4 is 0 Å². The van der Waals surface area contributed by atoms with E-state index in [0.29, 0.717) is 19.3 Å². The molecule has 716 valence electrons. The first kappa shape index (κ1) is 120. The van der Waals surface area contributed by atoms with E-state index in [4.69, 9.17) is 32.3 Å². The zero-order valence-corrected chi connectivity index (χ0v) is 81.0. The zero-order valence-electron chi connectivity index (χ0n) is 79.2. The van der Waals surface area contributed by atoms with Crippen molar-refractivity contribution in [3.63, 3.8) is 0 Å². The molecule has 0 radical (unpaired) electrons. The summed E-state index contributed by atoms with van der Waals surface area (Å²) in [6.45, 7) is 2.45. The standard InChI is InChI=1S/C107H182O16P2/c1-4-7-10-13-16-19-22-25-28-31-34-37-40-42-44-46-48-49-50-51-53-55-56-58-61-63-66-69-72-75-78-81-84-87-90-93-105(110)117-96-102(108)97-119-124(113,114)120-98-103(109)99-121-125(115,116)122-101-104(123-107(112)95-92-89-86-83-80-77-74-71-68-65-60-39-36-33-30-27-24-21-18-15-12-9-6-3)100-118-106(111)94-91-88-85-82-79-76-73-70-67-64-62-59-57-54-52-47-45-43-41-38-35-32-29-26-23-20-17-14-11-8-5-2/h7,9-10,12,16-21,25-30,34-39,42-45,65,68,74,77,102-104,108-109H,4-6,8,11,13-15,22-24,31-33,40-41,46-64,66-67,69-73,75-76,78-101H2,1-3H3,(H,113,114)(H,115,116)/b10-7-,12-9-,19-16-,20-17-,21-18-,28-25-,29-26-,30-27-,37-34-,38-35-,39-36-,44-42-,45-43-,68-65-,77-74-. The summed E-state index contributed by atoms with van der Waals surface area (Å²) in [5, 5.41) is 20.8. The van der Waals surface area contributed by atoms with E-state index < -0.39 is 91.5 Å². The Morgan fingerprint density at radius 3 is 0.672 bits per heavy atom. The minimum Gasteiger partial charge on any atom is -0.463 e. The molecule has 0 aliphatic heterocycles. The fourth-order valence-corrected chi connectivity index (χ4v) is 15.2. The Balaban J connectivity index is 4.57. The number of carbonyl (C=O) groups is 3. The summed E-state index contributed by atoms with van der Waals surface area (Å²) in [6, 6.07) is 0. The molecule has 4 N–H and O–H groups in total. The van der Waals surface area contributed by atoms with E-state index in [9.17, 15) is 43.5 Å². The van der Waals surface area contributed by atoms with E-state index >= 15 is 0 Å². The first-order valence-corrected chi connectivity index (χ1v) is 53.1. The van der Waals surface area contributed by atoms with Crippen molar-refractivity contribution in [3.8, 4) is 0 Å². The smallest absolute Gasteiger partial charge is 0.463 e. The summed E-state index contributed by atoms with van der Waals surface area (Å²) < 4.78 is 61.6. The second-order valence-electron chi connectivity index (χ2n) is 33.2. The van der Waals surface area contributed by atoms with Gasteiger partial charge in [-0.3, -0.25) is 32.5 Å². The quantitative estimate of drug-likeness (QED) is 0.0146. The van der Waals surface area contributed by atoms with Gasteiger partial charge in [-0.05, 0) is 161 Å². The third kappa shape index (κ3) is 99.1. The molecular weight excluding hydrogens is 1600 g/mol. The van der Waals surface area contributed by atoms with E-state index in [1.165, 1.54) is 199 Å². The van der Waals surface area contributed by atoms with Gasteiger partial charge in [-0.25, -0.2) is 9.13 Å². The Morgan fingerprint density at radius 2 is 0.424 bits per heavy atom. The molecule has 0 fully saturated rings. The first-order valence-electron chi connectivity index (χ1n) is 50.1. The summed E-state index contributed by atoms with van der Waals surface area (Å²) in [4.78, 5) is 59.1. The van der Waals surface area contributed by atoms with E-state index in [-0.39, 0.29) is 19.3 Å². The number of hydrogen-bond acceptors (Lipinski definition) is 14. The van der Waals surface area contributed by atoms with Crippen molar-refractivity contribution in [2.24, 2.45) is 0 Å². The molecule has 0 aliphatic carbocycles. The predicted octanol–water partition coefficient (Wildman–Crippen LogP) is 31.6. The number of rotatable bonds is 94. The van der Waals surface area contributed by atoms with Gasteiger partial charge in [0.25, 0.3) is 0 Å². The van der Waals surface area contributed by atoms with Crippen LogP contribution in [0.3, 0.4) is 0 Å². The molecule has 0 aromatic rings. The normalized spacial score (nSPS) is 14.5. The summed E-state index contributed by atoms with van der Waals surface area (Å²) in [5.41, 5.74) is 0. The van der Waals surface area contributed by atoms with Gasteiger partial charge in [-0.2, -0.15) is 0 Å². The highest BCUT2D eigenvalue weighted by molar-refractivity contribution is 7.47. The van der Waals surface area contributed by atoms with Crippen LogP contribution in [0.1, 0.15) is 419 Å². The molecule has 0 saturated heterocycles. The first-order chi connectivity index (χ1) is 61.2. The highest BCUT2D eigenvalue weighted by Crippen LogP contribution is 2.45. The Labute approximate surface area is 764 Å². The Hall–Kier alpha value is -5.35. The largest absolute Gasteiger partial charge is 0.472 e. The molecular formula is C107H182O16P2. The van der Waals surface area contributed by atoms with Crippen molar-refractivity contribution in [3.05, 3.63) is 182 Å². The lowest BCUT2D eigenvalue weighted by molar-refractivity contribution is -0.161. The topological polar surface area (TPSA) is 231 Å². The minimum absolute atomic E-state index is 0.0707. The summed E-state index contributed by atoms with van der Waals surface area (Å²) in [7, 11) is -9.83. The molecule has 0 spiro atoms. The van der Waals surface area contributed by atoms with Crippen LogP contribution >= 0.6 is 15.6 Å². The lowest BCUT2D eigenvalue weighted by Gasteiger charge is -2.21. The second kappa shape index (κ2) is 97.7. The zero-order chi connectivity index (χ0) is 90.7. The number of hydrogen-bond donors (Lipinski definition) is 4. The molecule has 5 unspecified atom stereocenters. The van der Waals surface area contributed by atoms with Crippen molar-refractivity contribution in [1.82, 2.24) is 0 Å². The van der Waals surface area contributed by atoms with Gasteiger partial charge in [0, 0.05) is 19.3 Å². The van der Waals surface area contributed by atoms with Gasteiger partial charge in [0.2, 0.25) is 0 Å². The molecule has 0 bridgehead atoms. The fraction of sp³-hybridized carbons (Fsp3) is 0.692. The maximum atomic E-state index is 13.1. The van der Waals surface area contributed by atoms with Gasteiger partial charge in [-0.15, -0.1) is 0 Å². The van der Waals surface area contributed by atoms with Gasteiger partial charge in [-0.1, -0.05) is 421 Å². The molecule has 18 heteroatoms. The molecule has 125 heavy (non-hydrogen) atoms. The summed E-state index contributed by atoms with van der Waals surface area (Å²) in [5.74, 6) is -1.59. The van der Waals surface area contributed by atoms with Crippen LogP contribution in [0, 0.1) is 0 Å². The second-order valence-corrected chi connectivity index (χ2v) is 36.1. The number of ether oxygens (including phenoxy) is 3. The molecule has 0 aromatic heterocycles. The number of aliphatic hydroxyl groups is 2. The van der Waals surface area contributed by atoms with Crippen LogP contribution in [0.5, 0.6) is 0 Å². The number of unbranched alkanes of at least 4 members (excludes halogenated alkanes) is 41. The summed E-state index contributed by atoms with van der Waals surface area (Å²) in [6.07, 6.45) is 130. The third-order valence-electron chi connectivity index (χ3n) is 21.1. The average Bonchev–Trinajstić information content (AvgIpc) is 0.898. The Morgan fingerprint density at radius 1 is 0.232 bits per heavy atom. The predicted molar refractivity (Wildman–Crippen MR) is 528 cm³/mol. The lowest BCUT2D eigenvalue weighted by Crippen LogP contribution is -2.30. The van der Waals surface area contributed by atoms with Crippen LogP contribution in [0.25, 0.3) is 0 Å². The Kier molecular flexibility index (Phi) is 93.5. The van der Waals surface area contributed by atoms with Gasteiger partial charge >= 0.3 is 33.6 Å². The van der Waals surface area contributed by atoms with Gasteiger partial charge < -0.3 is 34.2 Å². The molecule has 0 aromatic carbocycles. The van der Waals surface area contributed by atoms with Crippen LogP contribution in [0.4, 0.5) is 0 Å². The fourth-order valence-electron chi connectivity index (χ4n) is 13.6. The molecule has 0 saturated carbocycles. The third-order valence-corrected chi connectivity index (χ3v) is 23.0. The highest BCUT2D eigenvalue weighted by atomic mass is 31.2. The van der Waals surface area contributed by atoms with Crippen molar-refractivity contribution < 1.29 is 75.8 Å². The highest BCUT2D eigenvalue weighted by Gasteiger charge is 2.30. The van der Waals surface area contributed by atoms with Crippen LogP contribution in [0.2, 0.25) is 0 Å². The SMILES string of the molecule is CC/C=C\C/C=C\C/C=C\C/C=C\C/C=C\C/C=C\CCCCCCC(=O)OC(COC(=O)CCCCCCCCCCCCCCCCC/C=C\C/C=C\C/C=C\C/C=C\CCCCC)COP(=O)(O)OCC(O)COP(=O)(O)OCC(O)COC(=O)CCCCCCCCCCCCCCCCCCCCC/C=C\C/C=C\C/C=C\C/C=C\C/C=C\CC. The lowest BCUT2D eigenvalue weighted by atomic mass is 10.0. The van der Waals surface area contributed by atoms with Crippen LogP contribution in [-0.4, -0.2) is 95.9 Å². The maximum absolute atomic E-state index is 13.1. The van der Waals surface area contributed by atoms with E-state index in [2.05, 4.69) is 203 Å². The van der Waals surface area contributed by atoms with E-state index in [1.54, 1.807) is 0 Å². The molecule has 5 atom stereocenters. The Bertz CT molecular complexity index is 3000. The number of aliphatic hydroxyl groups excluding tert-OH is 2. The number of carbonyl (C=O) groups excluding carboxylic acids is 3. The monoisotopic (exact) mass is 1790 g/mol. The molecule has 0 aliphatic rings. The number of allylic oxidation sites excluding steroid dienone is 30. The van der Waals surface area contributed by atoms with Crippen molar-refractivity contribution in [2.75, 3.05) is 39.6 Å². The van der Waals surface area contributed by atoms with Crippen molar-refractivity contribution in [2.45, 2.75) is 437 Å². The van der Waals surface area contributed by atoms with E-state index in [1.807, 2.05) is 0 Å². The molecule has 16 nitrogen and oxygen atoms in total. The molecule has 0 rings (SSSR count). The number of phosphoric ester groups is 2. The molecule has 0 amide bonds. The van der Waals surface area contributed by atoms with Gasteiger partial charge in [0.1, 0.15) is 25.4 Å². The summed E-state index contributed by atoms with van der Waals surface area (Å²) >= 11 is 0. The van der Waals surface area contributed by atoms with E-state index in [0.717, 1.165) is 161 Å². The van der Waals surface area contributed by atoms with Crippen molar-refractivity contribution in [1.29, 1.82) is 0 Å². The van der Waals surface area contributed by atoms with Crippen LogP contribution in [0.15, 0.2) is 182 Å². The van der Waals surface area contributed by atoms with Gasteiger partial charge in [0.05, 0.1) is 26.4 Å². The minimum atomic E-state index is -4.96.